The van der Waals surface area contributed by atoms with E-state index in [9.17, 15) is 4.79 Å². The molecule has 2 aromatic rings. The molecule has 128 valence electrons. The lowest BCUT2D eigenvalue weighted by Gasteiger charge is -2.18. The van der Waals surface area contributed by atoms with Gasteiger partial charge in [-0.2, -0.15) is 0 Å². The maximum Gasteiger partial charge on any atom is 0.265 e. The molecule has 2 rings (SSSR count). The second-order valence-electron chi connectivity index (χ2n) is 5.58. The van der Waals surface area contributed by atoms with Crippen LogP contribution in [0.2, 0.25) is 0 Å². The van der Waals surface area contributed by atoms with E-state index in [1.807, 2.05) is 30.3 Å². The Hall–Kier alpha value is -2.49. The van der Waals surface area contributed by atoms with Crippen molar-refractivity contribution in [3.8, 4) is 11.5 Å². The van der Waals surface area contributed by atoms with Crippen molar-refractivity contribution >= 4 is 11.6 Å². The van der Waals surface area contributed by atoms with Crippen molar-refractivity contribution in [3.63, 3.8) is 0 Å². The van der Waals surface area contributed by atoms with E-state index in [4.69, 9.17) is 9.47 Å². The Balaban J connectivity index is 2.08. The van der Waals surface area contributed by atoms with E-state index in [0.717, 1.165) is 35.4 Å². The minimum Gasteiger partial charge on any atom is -0.497 e. The number of nitrogens with one attached hydrogen (secondary N) is 1. The van der Waals surface area contributed by atoms with Crippen LogP contribution in [-0.4, -0.2) is 19.1 Å². The third-order valence-corrected chi connectivity index (χ3v) is 3.99. The van der Waals surface area contributed by atoms with Crippen molar-refractivity contribution < 1.29 is 14.3 Å². The van der Waals surface area contributed by atoms with Crippen molar-refractivity contribution in [3.05, 3.63) is 53.6 Å². The van der Waals surface area contributed by atoms with Gasteiger partial charge >= 0.3 is 0 Å². The molecule has 0 aliphatic heterocycles. The number of rotatable bonds is 7. The average molecular weight is 327 g/mol. The topological polar surface area (TPSA) is 47.6 Å². The van der Waals surface area contributed by atoms with Gasteiger partial charge in [-0.3, -0.25) is 4.79 Å². The van der Waals surface area contributed by atoms with Crippen molar-refractivity contribution in [2.45, 2.75) is 39.7 Å². The molecule has 0 bridgehead atoms. The summed E-state index contributed by atoms with van der Waals surface area (Å²) < 4.78 is 10.8. The van der Waals surface area contributed by atoms with Gasteiger partial charge in [-0.15, -0.1) is 0 Å². The lowest BCUT2D eigenvalue weighted by molar-refractivity contribution is -0.122. The molecule has 1 unspecified atom stereocenters. The van der Waals surface area contributed by atoms with Gasteiger partial charge in [0, 0.05) is 5.69 Å². The zero-order chi connectivity index (χ0) is 17.5. The van der Waals surface area contributed by atoms with Gasteiger partial charge in [0.1, 0.15) is 11.5 Å². The number of aryl methyl sites for hydroxylation is 2. The molecule has 0 saturated carbocycles. The zero-order valence-corrected chi connectivity index (χ0v) is 14.8. The smallest absolute Gasteiger partial charge is 0.265 e. The minimum atomic E-state index is -0.590. The van der Waals surface area contributed by atoms with Gasteiger partial charge in [-0.1, -0.05) is 32.0 Å². The van der Waals surface area contributed by atoms with Crippen LogP contribution in [-0.2, 0) is 17.6 Å². The van der Waals surface area contributed by atoms with Crippen molar-refractivity contribution in [1.29, 1.82) is 0 Å². The molecule has 1 N–H and O–H groups in total. The maximum absolute atomic E-state index is 12.5. The van der Waals surface area contributed by atoms with Gasteiger partial charge in [0.15, 0.2) is 6.10 Å². The first-order valence-electron chi connectivity index (χ1n) is 8.31. The van der Waals surface area contributed by atoms with E-state index < -0.39 is 6.10 Å². The number of hydrogen-bond acceptors (Lipinski definition) is 3. The number of methoxy groups -OCH3 is 1. The lowest BCUT2D eigenvalue weighted by Crippen LogP contribution is -2.30. The van der Waals surface area contributed by atoms with Crippen LogP contribution in [0.1, 0.15) is 31.9 Å². The van der Waals surface area contributed by atoms with E-state index in [-0.39, 0.29) is 5.91 Å². The van der Waals surface area contributed by atoms with E-state index >= 15 is 0 Å². The van der Waals surface area contributed by atoms with Gasteiger partial charge in [0.2, 0.25) is 0 Å². The summed E-state index contributed by atoms with van der Waals surface area (Å²) in [6.45, 7) is 5.92. The SMILES string of the molecule is CCc1cccc(CC)c1NC(=O)C(C)Oc1ccc(OC)cc1. The highest BCUT2D eigenvalue weighted by Crippen LogP contribution is 2.23. The molecule has 1 amide bonds. The number of amides is 1. The Morgan fingerprint density at radius 3 is 2.04 bits per heavy atom. The Morgan fingerprint density at radius 2 is 1.54 bits per heavy atom. The average Bonchev–Trinajstić information content (AvgIpc) is 2.62. The second kappa shape index (κ2) is 8.39. The van der Waals surface area contributed by atoms with Gasteiger partial charge in [-0.05, 0) is 55.2 Å². The number of benzene rings is 2. The van der Waals surface area contributed by atoms with Gasteiger partial charge in [0.25, 0.3) is 5.91 Å². The summed E-state index contributed by atoms with van der Waals surface area (Å²) in [4.78, 5) is 12.5. The van der Waals surface area contributed by atoms with E-state index in [1.54, 1.807) is 26.2 Å². The molecule has 4 heteroatoms. The van der Waals surface area contributed by atoms with Crippen molar-refractivity contribution in [2.75, 3.05) is 12.4 Å². The highest BCUT2D eigenvalue weighted by Gasteiger charge is 2.17. The van der Waals surface area contributed by atoms with Crippen LogP contribution in [0.4, 0.5) is 5.69 Å². The molecule has 0 radical (unpaired) electrons. The molecular formula is C20H25NO3. The summed E-state index contributed by atoms with van der Waals surface area (Å²) in [6.07, 6.45) is 1.15. The minimum absolute atomic E-state index is 0.151. The Kier molecular flexibility index (Phi) is 6.24. The number of carbonyl (C=O) groups excluding carboxylic acids is 1. The molecule has 4 nitrogen and oxygen atoms in total. The fourth-order valence-corrected chi connectivity index (χ4v) is 2.54. The molecule has 2 aromatic carbocycles. The molecular weight excluding hydrogens is 302 g/mol. The molecule has 0 aliphatic rings. The molecule has 1 atom stereocenters. The van der Waals surface area contributed by atoms with Crippen molar-refractivity contribution in [1.82, 2.24) is 0 Å². The van der Waals surface area contributed by atoms with Crippen LogP contribution < -0.4 is 14.8 Å². The summed E-state index contributed by atoms with van der Waals surface area (Å²) in [5.41, 5.74) is 3.19. The number of para-hydroxylation sites is 1. The third-order valence-electron chi connectivity index (χ3n) is 3.99. The normalized spacial score (nSPS) is 11.7. The summed E-state index contributed by atoms with van der Waals surface area (Å²) in [6, 6.07) is 13.3. The van der Waals surface area contributed by atoms with Crippen LogP contribution in [0, 0.1) is 0 Å². The van der Waals surface area contributed by atoms with Crippen molar-refractivity contribution in [2.24, 2.45) is 0 Å². The predicted octanol–water partition coefficient (Wildman–Crippen LogP) is 4.23. The third kappa shape index (κ3) is 4.28. The Labute approximate surface area is 143 Å². The quantitative estimate of drug-likeness (QED) is 0.828. The number of anilines is 1. The first-order valence-corrected chi connectivity index (χ1v) is 8.31. The summed E-state index contributed by atoms with van der Waals surface area (Å²) in [5.74, 6) is 1.24. The molecule has 0 spiro atoms. The molecule has 0 aromatic heterocycles. The van der Waals surface area contributed by atoms with Crippen LogP contribution in [0.25, 0.3) is 0 Å². The first-order chi connectivity index (χ1) is 11.6. The highest BCUT2D eigenvalue weighted by atomic mass is 16.5. The highest BCUT2D eigenvalue weighted by molar-refractivity contribution is 5.95. The standard InChI is InChI=1S/C20H25NO3/c1-5-15-8-7-9-16(6-2)19(15)21-20(22)14(3)24-18-12-10-17(23-4)11-13-18/h7-14H,5-6H2,1-4H3,(H,21,22). The molecule has 0 fully saturated rings. The first kappa shape index (κ1) is 17.9. The van der Waals surface area contributed by atoms with Gasteiger partial charge in [0.05, 0.1) is 7.11 Å². The summed E-state index contributed by atoms with van der Waals surface area (Å²) in [7, 11) is 1.61. The fourth-order valence-electron chi connectivity index (χ4n) is 2.54. The molecule has 0 heterocycles. The van der Waals surface area contributed by atoms with Crippen LogP contribution in [0.15, 0.2) is 42.5 Å². The molecule has 0 saturated heterocycles. The molecule has 24 heavy (non-hydrogen) atoms. The summed E-state index contributed by atoms with van der Waals surface area (Å²) in [5, 5.41) is 3.03. The van der Waals surface area contributed by atoms with Crippen LogP contribution in [0.3, 0.4) is 0 Å². The fraction of sp³-hybridized carbons (Fsp3) is 0.350. The number of hydrogen-bond donors (Lipinski definition) is 1. The summed E-state index contributed by atoms with van der Waals surface area (Å²) >= 11 is 0. The van der Waals surface area contributed by atoms with E-state index in [1.165, 1.54) is 0 Å². The molecule has 0 aliphatic carbocycles. The van der Waals surface area contributed by atoms with Crippen LogP contribution in [0.5, 0.6) is 11.5 Å². The maximum atomic E-state index is 12.5. The van der Waals surface area contributed by atoms with E-state index in [2.05, 4.69) is 19.2 Å². The Morgan fingerprint density at radius 1 is 1.00 bits per heavy atom. The second-order valence-corrected chi connectivity index (χ2v) is 5.58. The largest absolute Gasteiger partial charge is 0.497 e. The van der Waals surface area contributed by atoms with E-state index in [0.29, 0.717) is 5.75 Å². The van der Waals surface area contributed by atoms with Crippen LogP contribution >= 0.6 is 0 Å². The van der Waals surface area contributed by atoms with Gasteiger partial charge in [-0.25, -0.2) is 0 Å². The monoisotopic (exact) mass is 327 g/mol. The van der Waals surface area contributed by atoms with Gasteiger partial charge < -0.3 is 14.8 Å². The predicted molar refractivity (Wildman–Crippen MR) is 96.9 cm³/mol. The number of ether oxygens (including phenoxy) is 2. The Bertz CT molecular complexity index is 658. The lowest BCUT2D eigenvalue weighted by atomic mass is 10.0. The zero-order valence-electron chi connectivity index (χ0n) is 14.8. The number of carbonyl (C=O) groups is 1.